The van der Waals surface area contributed by atoms with Gasteiger partial charge in [-0.05, 0) is 31.0 Å². The fourth-order valence-electron chi connectivity index (χ4n) is 2.66. The normalized spacial score (nSPS) is 20.0. The van der Waals surface area contributed by atoms with Crippen LogP contribution in [0.15, 0.2) is 28.0 Å². The summed E-state index contributed by atoms with van der Waals surface area (Å²) in [6.07, 6.45) is 4.00. The summed E-state index contributed by atoms with van der Waals surface area (Å²) >= 11 is 0. The Morgan fingerprint density at radius 1 is 1.19 bits per heavy atom. The van der Waals surface area contributed by atoms with E-state index >= 15 is 0 Å². The van der Waals surface area contributed by atoms with Crippen LogP contribution in [0.4, 0.5) is 5.69 Å². The molecular weight excluding hydrogens is 312 g/mol. The Labute approximate surface area is 125 Å². The van der Waals surface area contributed by atoms with Crippen LogP contribution in [0, 0.1) is 0 Å². The molecule has 0 saturated carbocycles. The predicted molar refractivity (Wildman–Crippen MR) is 82.1 cm³/mol. The van der Waals surface area contributed by atoms with Crippen molar-refractivity contribution in [3.8, 4) is 0 Å². The van der Waals surface area contributed by atoms with Gasteiger partial charge in [-0.2, -0.15) is 0 Å². The zero-order valence-electron chi connectivity index (χ0n) is 12.1. The molecule has 1 heterocycles. The van der Waals surface area contributed by atoms with Gasteiger partial charge in [-0.15, -0.1) is 0 Å². The molecule has 1 saturated heterocycles. The van der Waals surface area contributed by atoms with Crippen LogP contribution in [0.5, 0.6) is 0 Å². The monoisotopic (exact) mass is 332 g/mol. The van der Waals surface area contributed by atoms with Gasteiger partial charge in [0.25, 0.3) is 0 Å². The van der Waals surface area contributed by atoms with Crippen LogP contribution < -0.4 is 10.6 Å². The molecule has 0 aliphatic carbocycles. The van der Waals surface area contributed by atoms with Gasteiger partial charge in [-0.1, -0.05) is 0 Å². The fraction of sp³-hybridized carbons (Fsp3) is 0.538. The summed E-state index contributed by atoms with van der Waals surface area (Å²) in [7, 11) is -6.98. The van der Waals surface area contributed by atoms with Gasteiger partial charge >= 0.3 is 0 Å². The molecule has 1 fully saturated rings. The van der Waals surface area contributed by atoms with Crippen molar-refractivity contribution in [1.29, 1.82) is 0 Å². The zero-order chi connectivity index (χ0) is 15.8. The molecule has 1 aromatic rings. The molecular formula is C13H20N2O4S2. The molecule has 0 bridgehead atoms. The van der Waals surface area contributed by atoms with Crippen molar-refractivity contribution in [2.75, 3.05) is 30.5 Å². The number of hydrogen-bond acceptors (Lipinski definition) is 6. The van der Waals surface area contributed by atoms with E-state index in [-0.39, 0.29) is 15.8 Å². The molecule has 0 amide bonds. The van der Waals surface area contributed by atoms with Crippen LogP contribution in [0.3, 0.4) is 0 Å². The summed E-state index contributed by atoms with van der Waals surface area (Å²) in [6.45, 7) is 1.17. The van der Waals surface area contributed by atoms with E-state index in [1.165, 1.54) is 12.1 Å². The van der Waals surface area contributed by atoms with Gasteiger partial charge < -0.3 is 10.6 Å². The molecule has 0 radical (unpaired) electrons. The minimum atomic E-state index is -3.53. The number of nitrogens with zero attached hydrogens (tertiary/aromatic N) is 1. The smallest absolute Gasteiger partial charge is 0.177 e. The predicted octanol–water partition coefficient (Wildman–Crippen LogP) is 0.421. The Balaban J connectivity index is 2.62. The quantitative estimate of drug-likeness (QED) is 0.858. The summed E-state index contributed by atoms with van der Waals surface area (Å²) in [5.41, 5.74) is 6.27. The van der Waals surface area contributed by atoms with Gasteiger partial charge in [0.05, 0.1) is 15.5 Å². The first-order valence-electron chi connectivity index (χ1n) is 6.65. The highest BCUT2D eigenvalue weighted by molar-refractivity contribution is 7.91. The third-order valence-electron chi connectivity index (χ3n) is 3.72. The average molecular weight is 332 g/mol. The maximum absolute atomic E-state index is 12.0. The molecule has 2 N–H and O–H groups in total. The second-order valence-corrected chi connectivity index (χ2v) is 9.40. The minimum Gasteiger partial charge on any atom is -0.366 e. The van der Waals surface area contributed by atoms with Crippen LogP contribution >= 0.6 is 0 Å². The lowest BCUT2D eigenvalue weighted by Gasteiger charge is -2.27. The first-order valence-corrected chi connectivity index (χ1v) is 10.4. The maximum Gasteiger partial charge on any atom is 0.177 e. The number of nitrogens with two attached hydrogens (primary N) is 1. The largest absolute Gasteiger partial charge is 0.366 e. The molecule has 1 unspecified atom stereocenters. The first-order chi connectivity index (χ1) is 9.64. The van der Waals surface area contributed by atoms with E-state index in [9.17, 15) is 16.8 Å². The molecule has 0 spiro atoms. The molecule has 1 aromatic carbocycles. The van der Waals surface area contributed by atoms with Gasteiger partial charge in [0.1, 0.15) is 0 Å². The number of anilines is 1. The maximum atomic E-state index is 12.0. The van der Waals surface area contributed by atoms with E-state index in [1.54, 1.807) is 6.07 Å². The Morgan fingerprint density at radius 2 is 1.86 bits per heavy atom. The first kappa shape index (κ1) is 16.3. The highest BCUT2D eigenvalue weighted by Gasteiger charge is 2.28. The molecule has 118 valence electrons. The molecule has 6 nitrogen and oxygen atoms in total. The lowest BCUT2D eigenvalue weighted by Crippen LogP contribution is -2.36. The standard InChI is InChI=1S/C13H20N2O4S2/c1-20(16,17)11-5-6-12(13(8-11)21(2,18)19)15-7-3-4-10(15)9-14/h5-6,8,10H,3-4,7,9,14H2,1-2H3. The van der Waals surface area contributed by atoms with Crippen molar-refractivity contribution in [1.82, 2.24) is 0 Å². The summed E-state index contributed by atoms with van der Waals surface area (Å²) in [4.78, 5) is 2.02. The van der Waals surface area contributed by atoms with E-state index in [0.717, 1.165) is 31.9 Å². The van der Waals surface area contributed by atoms with Crippen molar-refractivity contribution in [2.45, 2.75) is 28.7 Å². The SMILES string of the molecule is CS(=O)(=O)c1ccc(N2CCCC2CN)c(S(C)(=O)=O)c1. The van der Waals surface area contributed by atoms with E-state index in [4.69, 9.17) is 5.73 Å². The Morgan fingerprint density at radius 3 is 2.38 bits per heavy atom. The van der Waals surface area contributed by atoms with Crippen molar-refractivity contribution in [3.05, 3.63) is 18.2 Å². The summed E-state index contributed by atoms with van der Waals surface area (Å²) in [6, 6.07) is 4.35. The number of benzene rings is 1. The van der Waals surface area contributed by atoms with E-state index in [0.29, 0.717) is 12.2 Å². The minimum absolute atomic E-state index is 0.00942. The third kappa shape index (κ3) is 3.38. The van der Waals surface area contributed by atoms with Crippen LogP contribution in [0.1, 0.15) is 12.8 Å². The molecule has 2 rings (SSSR count). The van der Waals surface area contributed by atoms with Crippen molar-refractivity contribution >= 4 is 25.4 Å². The van der Waals surface area contributed by atoms with Crippen molar-refractivity contribution < 1.29 is 16.8 Å². The Kier molecular flexibility index (Phi) is 4.32. The zero-order valence-corrected chi connectivity index (χ0v) is 13.7. The Bertz CT molecular complexity index is 741. The topological polar surface area (TPSA) is 97.5 Å². The van der Waals surface area contributed by atoms with Gasteiger partial charge in [-0.25, -0.2) is 16.8 Å². The van der Waals surface area contributed by atoms with Gasteiger partial charge in [0.2, 0.25) is 0 Å². The van der Waals surface area contributed by atoms with Gasteiger partial charge in [0.15, 0.2) is 19.7 Å². The van der Waals surface area contributed by atoms with Crippen molar-refractivity contribution in [2.24, 2.45) is 5.73 Å². The summed E-state index contributed by atoms with van der Waals surface area (Å²) < 4.78 is 47.3. The summed E-state index contributed by atoms with van der Waals surface area (Å²) in [5.74, 6) is 0. The van der Waals surface area contributed by atoms with E-state index < -0.39 is 19.7 Å². The molecule has 21 heavy (non-hydrogen) atoms. The molecule has 1 aliphatic heterocycles. The van der Waals surface area contributed by atoms with Crippen molar-refractivity contribution in [3.63, 3.8) is 0 Å². The number of sulfone groups is 2. The Hall–Kier alpha value is -1.12. The molecule has 8 heteroatoms. The van der Waals surface area contributed by atoms with Crippen LogP contribution in [0.2, 0.25) is 0 Å². The van der Waals surface area contributed by atoms with Gasteiger partial charge in [0, 0.05) is 31.6 Å². The van der Waals surface area contributed by atoms with E-state index in [1.807, 2.05) is 4.90 Å². The van der Waals surface area contributed by atoms with E-state index in [2.05, 4.69) is 0 Å². The van der Waals surface area contributed by atoms with Crippen LogP contribution in [-0.2, 0) is 19.7 Å². The third-order valence-corrected chi connectivity index (χ3v) is 5.95. The lowest BCUT2D eigenvalue weighted by atomic mass is 10.2. The highest BCUT2D eigenvalue weighted by Crippen LogP contribution is 2.33. The lowest BCUT2D eigenvalue weighted by molar-refractivity contribution is 0.599. The van der Waals surface area contributed by atoms with Crippen LogP contribution in [-0.4, -0.2) is 48.5 Å². The highest BCUT2D eigenvalue weighted by atomic mass is 32.2. The van der Waals surface area contributed by atoms with Crippen LogP contribution in [0.25, 0.3) is 0 Å². The summed E-state index contributed by atoms with van der Waals surface area (Å²) in [5, 5.41) is 0. The molecule has 1 atom stereocenters. The average Bonchev–Trinajstić information content (AvgIpc) is 2.84. The fourth-order valence-corrected chi connectivity index (χ4v) is 4.29. The number of hydrogen-bond donors (Lipinski definition) is 1. The molecule has 1 aliphatic rings. The van der Waals surface area contributed by atoms with Gasteiger partial charge in [-0.3, -0.25) is 0 Å². The second-order valence-electron chi connectivity index (χ2n) is 5.40. The number of rotatable bonds is 4. The second kappa shape index (κ2) is 5.58. The molecule has 0 aromatic heterocycles.